The normalized spacial score (nSPS) is 13.7. The fourth-order valence-electron chi connectivity index (χ4n) is 1.52. The Labute approximate surface area is 119 Å². The van der Waals surface area contributed by atoms with E-state index in [1.165, 1.54) is 0 Å². The van der Waals surface area contributed by atoms with Crippen molar-refractivity contribution in [1.82, 2.24) is 10.3 Å². The highest BCUT2D eigenvalue weighted by Gasteiger charge is 2.23. The summed E-state index contributed by atoms with van der Waals surface area (Å²) in [6.45, 7) is 8.61. The van der Waals surface area contributed by atoms with Crippen LogP contribution in [0.15, 0.2) is 11.6 Å². The van der Waals surface area contributed by atoms with Crippen molar-refractivity contribution in [3.05, 3.63) is 16.6 Å². The summed E-state index contributed by atoms with van der Waals surface area (Å²) in [4.78, 5) is 4.29. The average molecular weight is 288 g/mol. The van der Waals surface area contributed by atoms with Crippen molar-refractivity contribution in [3.63, 3.8) is 0 Å². The van der Waals surface area contributed by atoms with Gasteiger partial charge in [-0.1, -0.05) is 0 Å². The molecule has 0 aliphatic carbocycles. The summed E-state index contributed by atoms with van der Waals surface area (Å²) in [6, 6.07) is 0. The Kier molecular flexibility index (Phi) is 7.48. The van der Waals surface area contributed by atoms with E-state index in [0.29, 0.717) is 33.0 Å². The molecule has 110 valence electrons. The van der Waals surface area contributed by atoms with Crippen molar-refractivity contribution >= 4 is 11.3 Å². The lowest BCUT2D eigenvalue weighted by atomic mass is 10.1. The average Bonchev–Trinajstić information content (AvgIpc) is 2.91. The monoisotopic (exact) mass is 288 g/mol. The number of rotatable bonds is 10. The molecule has 0 bridgehead atoms. The Balaban J connectivity index is 2.17. The summed E-state index contributed by atoms with van der Waals surface area (Å²) in [5, 5.41) is 16.1. The van der Waals surface area contributed by atoms with Gasteiger partial charge in [0.2, 0.25) is 0 Å². The van der Waals surface area contributed by atoms with Gasteiger partial charge in [-0.15, -0.1) is 11.3 Å². The molecule has 1 aromatic heterocycles. The Hall–Kier alpha value is -0.530. The molecule has 0 aliphatic rings. The molecule has 6 heteroatoms. The van der Waals surface area contributed by atoms with Crippen molar-refractivity contribution in [2.24, 2.45) is 0 Å². The quantitative estimate of drug-likeness (QED) is 0.637. The molecular formula is C13H24N2O3S. The molecule has 5 nitrogen and oxygen atoms in total. The van der Waals surface area contributed by atoms with Crippen molar-refractivity contribution in [1.29, 1.82) is 0 Å². The van der Waals surface area contributed by atoms with E-state index in [1.807, 2.05) is 12.3 Å². The molecule has 1 atom stereocenters. The van der Waals surface area contributed by atoms with E-state index in [4.69, 9.17) is 9.47 Å². The van der Waals surface area contributed by atoms with Gasteiger partial charge in [-0.05, 0) is 20.8 Å². The molecule has 1 aromatic rings. The summed E-state index contributed by atoms with van der Waals surface area (Å²) >= 11 is 1.61. The van der Waals surface area contributed by atoms with E-state index in [1.54, 1.807) is 17.5 Å². The molecule has 0 aliphatic heterocycles. The second-order valence-electron chi connectivity index (χ2n) is 4.77. The van der Waals surface area contributed by atoms with Crippen LogP contribution in [0, 0.1) is 0 Å². The Bertz CT molecular complexity index is 331. The van der Waals surface area contributed by atoms with Crippen LogP contribution in [0.1, 0.15) is 25.8 Å². The van der Waals surface area contributed by atoms with Crippen LogP contribution in [0.25, 0.3) is 0 Å². The molecule has 1 rings (SSSR count). The molecule has 2 N–H and O–H groups in total. The molecule has 0 saturated carbocycles. The topological polar surface area (TPSA) is 63.6 Å². The second kappa shape index (κ2) is 8.60. The van der Waals surface area contributed by atoms with Crippen LogP contribution in [-0.2, 0) is 15.0 Å². The minimum atomic E-state index is -0.527. The number of thiazole rings is 1. The number of nitrogens with one attached hydrogen (secondary N) is 1. The van der Waals surface area contributed by atoms with E-state index in [2.05, 4.69) is 24.1 Å². The molecule has 19 heavy (non-hydrogen) atoms. The lowest BCUT2D eigenvalue weighted by molar-refractivity contribution is 0.00449. The zero-order valence-corrected chi connectivity index (χ0v) is 12.7. The first-order valence-electron chi connectivity index (χ1n) is 6.55. The SMILES string of the molecule is CCOCCOCC(O)CNC(C)(C)c1nccs1. The van der Waals surface area contributed by atoms with Gasteiger partial charge in [0, 0.05) is 24.7 Å². The fourth-order valence-corrected chi connectivity index (χ4v) is 2.26. The van der Waals surface area contributed by atoms with Gasteiger partial charge in [0.25, 0.3) is 0 Å². The minimum absolute atomic E-state index is 0.236. The number of aliphatic hydroxyl groups excluding tert-OH is 1. The van der Waals surface area contributed by atoms with Crippen molar-refractivity contribution in [3.8, 4) is 0 Å². The second-order valence-corrected chi connectivity index (χ2v) is 5.66. The lowest BCUT2D eigenvalue weighted by Gasteiger charge is -2.25. The van der Waals surface area contributed by atoms with Gasteiger partial charge in [0.05, 0.1) is 31.5 Å². The molecule has 0 amide bonds. The first kappa shape index (κ1) is 16.5. The fraction of sp³-hybridized carbons (Fsp3) is 0.769. The highest BCUT2D eigenvalue weighted by Crippen LogP contribution is 2.21. The first-order chi connectivity index (χ1) is 9.06. The van der Waals surface area contributed by atoms with E-state index >= 15 is 0 Å². The predicted octanol–water partition coefficient (Wildman–Crippen LogP) is 1.38. The van der Waals surface area contributed by atoms with Crippen LogP contribution in [0.5, 0.6) is 0 Å². The van der Waals surface area contributed by atoms with Crippen LogP contribution in [-0.4, -0.2) is 49.2 Å². The molecule has 0 spiro atoms. The van der Waals surface area contributed by atoms with E-state index in [0.717, 1.165) is 5.01 Å². The first-order valence-corrected chi connectivity index (χ1v) is 7.42. The summed E-state index contributed by atoms with van der Waals surface area (Å²) in [6.07, 6.45) is 1.26. The molecule has 0 fully saturated rings. The lowest BCUT2D eigenvalue weighted by Crippen LogP contribution is -2.42. The standard InChI is InChI=1S/C13H24N2O3S/c1-4-17-6-7-18-10-11(16)9-15-13(2,3)12-14-5-8-19-12/h5,8,11,15-16H,4,6-7,9-10H2,1-3H3. The summed E-state index contributed by atoms with van der Waals surface area (Å²) in [7, 11) is 0. The van der Waals surface area contributed by atoms with Gasteiger partial charge in [-0.2, -0.15) is 0 Å². The van der Waals surface area contributed by atoms with Gasteiger partial charge >= 0.3 is 0 Å². The van der Waals surface area contributed by atoms with Crippen LogP contribution < -0.4 is 5.32 Å². The number of ether oxygens (including phenoxy) is 2. The number of nitrogens with zero attached hydrogens (tertiary/aromatic N) is 1. The maximum Gasteiger partial charge on any atom is 0.112 e. The van der Waals surface area contributed by atoms with Crippen molar-refractivity contribution < 1.29 is 14.6 Å². The Morgan fingerprint density at radius 2 is 2.16 bits per heavy atom. The van der Waals surface area contributed by atoms with E-state index in [-0.39, 0.29) is 5.54 Å². The van der Waals surface area contributed by atoms with Crippen LogP contribution in [0.4, 0.5) is 0 Å². The third kappa shape index (κ3) is 6.44. The van der Waals surface area contributed by atoms with Crippen molar-refractivity contribution in [2.45, 2.75) is 32.4 Å². The van der Waals surface area contributed by atoms with Gasteiger partial charge < -0.3 is 19.9 Å². The molecule has 0 saturated heterocycles. The highest BCUT2D eigenvalue weighted by atomic mass is 32.1. The van der Waals surface area contributed by atoms with Crippen molar-refractivity contribution in [2.75, 3.05) is 33.0 Å². The van der Waals surface area contributed by atoms with Gasteiger partial charge in [-0.3, -0.25) is 0 Å². The third-order valence-electron chi connectivity index (χ3n) is 2.63. The molecule has 1 unspecified atom stereocenters. The number of aromatic nitrogens is 1. The largest absolute Gasteiger partial charge is 0.389 e. The summed E-state index contributed by atoms with van der Waals surface area (Å²) in [5.41, 5.74) is -0.236. The molecular weight excluding hydrogens is 264 g/mol. The zero-order chi connectivity index (χ0) is 14.1. The Morgan fingerprint density at radius 1 is 1.42 bits per heavy atom. The molecule has 0 aromatic carbocycles. The summed E-state index contributed by atoms with van der Waals surface area (Å²) < 4.78 is 10.5. The van der Waals surface area contributed by atoms with Crippen LogP contribution in [0.3, 0.4) is 0 Å². The summed E-state index contributed by atoms with van der Waals surface area (Å²) in [5.74, 6) is 0. The van der Waals surface area contributed by atoms with E-state index < -0.39 is 6.10 Å². The molecule has 0 radical (unpaired) electrons. The van der Waals surface area contributed by atoms with E-state index in [9.17, 15) is 5.11 Å². The van der Waals surface area contributed by atoms with Crippen LogP contribution >= 0.6 is 11.3 Å². The number of aliphatic hydroxyl groups is 1. The predicted molar refractivity (Wildman–Crippen MR) is 76.5 cm³/mol. The number of hydrogen-bond acceptors (Lipinski definition) is 6. The van der Waals surface area contributed by atoms with Gasteiger partial charge in [0.1, 0.15) is 5.01 Å². The molecule has 1 heterocycles. The van der Waals surface area contributed by atoms with Crippen LogP contribution in [0.2, 0.25) is 0 Å². The maximum absolute atomic E-state index is 9.82. The third-order valence-corrected chi connectivity index (χ3v) is 3.73. The highest BCUT2D eigenvalue weighted by molar-refractivity contribution is 7.09. The maximum atomic E-state index is 9.82. The number of hydrogen-bond donors (Lipinski definition) is 2. The smallest absolute Gasteiger partial charge is 0.112 e. The van der Waals surface area contributed by atoms with Gasteiger partial charge in [-0.25, -0.2) is 4.98 Å². The zero-order valence-electron chi connectivity index (χ0n) is 11.9. The van der Waals surface area contributed by atoms with Gasteiger partial charge in [0.15, 0.2) is 0 Å². The minimum Gasteiger partial charge on any atom is -0.389 e. The Morgan fingerprint density at radius 3 is 2.79 bits per heavy atom.